The van der Waals surface area contributed by atoms with Gasteiger partial charge in [-0.15, -0.1) is 0 Å². The number of aryl methyl sites for hydroxylation is 1. The molecule has 2 aromatic heterocycles. The number of nitrogens with two attached hydrogens (primary N) is 1. The second-order valence-corrected chi connectivity index (χ2v) is 3.78. The van der Waals surface area contributed by atoms with Crippen LogP contribution in [0, 0.1) is 0 Å². The Morgan fingerprint density at radius 3 is 3.07 bits per heavy atom. The summed E-state index contributed by atoms with van der Waals surface area (Å²) in [6, 6.07) is 0. The molecule has 0 aliphatic carbocycles. The zero-order valence-corrected chi connectivity index (χ0v) is 9.14. The minimum Gasteiger partial charge on any atom is -0.384 e. The fourth-order valence-electron chi connectivity index (χ4n) is 1.10. The largest absolute Gasteiger partial charge is 0.384 e. The topological polar surface area (TPSA) is 92.5 Å². The van der Waals surface area contributed by atoms with E-state index in [0.717, 1.165) is 22.9 Å². The zero-order valence-electron chi connectivity index (χ0n) is 8.32. The standard InChI is InChI=1S/C8H12N6S/c1-2-6-12-8(15-14-6)10-3-5-4-11-13-7(5)9/h4H,2-3H2,1H3,(H3,9,11,13)(H,10,12,14). The van der Waals surface area contributed by atoms with Crippen molar-refractivity contribution in [3.05, 3.63) is 17.6 Å². The van der Waals surface area contributed by atoms with Gasteiger partial charge in [-0.1, -0.05) is 6.92 Å². The molecule has 6 nitrogen and oxygen atoms in total. The summed E-state index contributed by atoms with van der Waals surface area (Å²) in [6.07, 6.45) is 2.55. The first kappa shape index (κ1) is 9.91. The highest BCUT2D eigenvalue weighted by Gasteiger charge is 2.04. The second-order valence-electron chi connectivity index (χ2n) is 3.03. The van der Waals surface area contributed by atoms with Gasteiger partial charge in [0.1, 0.15) is 11.6 Å². The van der Waals surface area contributed by atoms with E-state index in [9.17, 15) is 0 Å². The lowest BCUT2D eigenvalue weighted by Crippen LogP contribution is -2.01. The molecule has 0 unspecified atom stereocenters. The summed E-state index contributed by atoms with van der Waals surface area (Å²) >= 11 is 1.36. The van der Waals surface area contributed by atoms with E-state index in [1.54, 1.807) is 6.20 Å². The van der Waals surface area contributed by atoms with Gasteiger partial charge < -0.3 is 11.1 Å². The van der Waals surface area contributed by atoms with E-state index < -0.39 is 0 Å². The Balaban J connectivity index is 1.96. The average Bonchev–Trinajstić information content (AvgIpc) is 2.84. The molecular formula is C8H12N6S. The summed E-state index contributed by atoms with van der Waals surface area (Å²) in [5.41, 5.74) is 6.58. The second kappa shape index (κ2) is 4.26. The lowest BCUT2D eigenvalue weighted by atomic mass is 10.3. The molecule has 0 atom stereocenters. The summed E-state index contributed by atoms with van der Waals surface area (Å²) in [4.78, 5) is 4.28. The van der Waals surface area contributed by atoms with Crippen LogP contribution in [0.5, 0.6) is 0 Å². The summed E-state index contributed by atoms with van der Waals surface area (Å²) in [5.74, 6) is 1.45. The van der Waals surface area contributed by atoms with Crippen LogP contribution < -0.4 is 11.1 Å². The molecule has 2 rings (SSSR count). The maximum absolute atomic E-state index is 5.65. The molecule has 0 amide bonds. The molecule has 0 radical (unpaired) electrons. The molecule has 0 spiro atoms. The van der Waals surface area contributed by atoms with Crippen molar-refractivity contribution in [3.8, 4) is 0 Å². The van der Waals surface area contributed by atoms with Crippen molar-refractivity contribution in [1.29, 1.82) is 0 Å². The number of hydrogen-bond acceptors (Lipinski definition) is 6. The molecule has 2 heterocycles. The number of aromatic nitrogens is 4. The summed E-state index contributed by atoms with van der Waals surface area (Å²) in [6.45, 7) is 2.64. The Labute approximate surface area is 91.1 Å². The summed E-state index contributed by atoms with van der Waals surface area (Å²) in [5, 5.41) is 10.5. The van der Waals surface area contributed by atoms with Crippen molar-refractivity contribution in [2.75, 3.05) is 11.1 Å². The van der Waals surface area contributed by atoms with Gasteiger partial charge in [-0.2, -0.15) is 9.47 Å². The van der Waals surface area contributed by atoms with E-state index in [1.807, 2.05) is 6.92 Å². The van der Waals surface area contributed by atoms with E-state index >= 15 is 0 Å². The number of hydrogen-bond donors (Lipinski definition) is 3. The summed E-state index contributed by atoms with van der Waals surface area (Å²) < 4.78 is 4.17. The molecule has 7 heteroatoms. The van der Waals surface area contributed by atoms with Crippen LogP contribution in [-0.2, 0) is 13.0 Å². The third-order valence-electron chi connectivity index (χ3n) is 1.97. The predicted octanol–water partition coefficient (Wildman–Crippen LogP) is 1.02. The van der Waals surface area contributed by atoms with Crippen molar-refractivity contribution in [2.45, 2.75) is 19.9 Å². The molecule has 0 aliphatic heterocycles. The molecule has 0 aromatic carbocycles. The van der Waals surface area contributed by atoms with Gasteiger partial charge in [-0.25, -0.2) is 4.98 Å². The van der Waals surface area contributed by atoms with Gasteiger partial charge in [-0.3, -0.25) is 5.10 Å². The quantitative estimate of drug-likeness (QED) is 0.721. The molecule has 0 fully saturated rings. The minimum absolute atomic E-state index is 0.586. The SMILES string of the molecule is CCc1nsc(NCc2cn[nH]c2N)n1. The minimum atomic E-state index is 0.586. The smallest absolute Gasteiger partial charge is 0.202 e. The Kier molecular flexibility index (Phi) is 2.82. The monoisotopic (exact) mass is 224 g/mol. The maximum atomic E-state index is 5.65. The average molecular weight is 224 g/mol. The number of aromatic amines is 1. The van der Waals surface area contributed by atoms with Crippen LogP contribution in [0.3, 0.4) is 0 Å². The van der Waals surface area contributed by atoms with Crippen molar-refractivity contribution in [1.82, 2.24) is 19.6 Å². The van der Waals surface area contributed by atoms with Gasteiger partial charge in [0.15, 0.2) is 0 Å². The van der Waals surface area contributed by atoms with E-state index in [-0.39, 0.29) is 0 Å². The number of nitrogen functional groups attached to an aromatic ring is 1. The number of anilines is 2. The Morgan fingerprint density at radius 1 is 1.60 bits per heavy atom. The molecule has 15 heavy (non-hydrogen) atoms. The van der Waals surface area contributed by atoms with Crippen molar-refractivity contribution in [3.63, 3.8) is 0 Å². The van der Waals surface area contributed by atoms with E-state index in [4.69, 9.17) is 5.73 Å². The highest BCUT2D eigenvalue weighted by Crippen LogP contribution is 2.14. The van der Waals surface area contributed by atoms with Gasteiger partial charge >= 0.3 is 0 Å². The number of H-pyrrole nitrogens is 1. The maximum Gasteiger partial charge on any atom is 0.202 e. The van der Waals surface area contributed by atoms with E-state index in [0.29, 0.717) is 12.4 Å². The van der Waals surface area contributed by atoms with E-state index in [1.165, 1.54) is 11.5 Å². The zero-order chi connectivity index (χ0) is 10.7. The molecule has 0 aliphatic rings. The fraction of sp³-hybridized carbons (Fsp3) is 0.375. The number of nitrogens with one attached hydrogen (secondary N) is 2. The normalized spacial score (nSPS) is 10.5. The fourth-order valence-corrected chi connectivity index (χ4v) is 1.75. The lowest BCUT2D eigenvalue weighted by molar-refractivity contribution is 0.993. The van der Waals surface area contributed by atoms with Crippen LogP contribution in [0.2, 0.25) is 0 Å². The van der Waals surface area contributed by atoms with Crippen LogP contribution in [0.15, 0.2) is 6.20 Å². The Bertz CT molecular complexity index is 434. The lowest BCUT2D eigenvalue weighted by Gasteiger charge is -1.99. The molecular weight excluding hydrogens is 212 g/mol. The highest BCUT2D eigenvalue weighted by molar-refractivity contribution is 7.09. The van der Waals surface area contributed by atoms with E-state index in [2.05, 4.69) is 24.9 Å². The van der Waals surface area contributed by atoms with Gasteiger partial charge in [0.2, 0.25) is 5.13 Å². The molecule has 80 valence electrons. The predicted molar refractivity (Wildman–Crippen MR) is 59.6 cm³/mol. The number of rotatable bonds is 4. The number of nitrogens with zero attached hydrogens (tertiary/aromatic N) is 3. The van der Waals surface area contributed by atoms with Gasteiger partial charge in [-0.05, 0) is 0 Å². The third-order valence-corrected chi connectivity index (χ3v) is 2.68. The molecule has 0 bridgehead atoms. The van der Waals surface area contributed by atoms with Gasteiger partial charge in [0.05, 0.1) is 6.20 Å². The van der Waals surface area contributed by atoms with Crippen molar-refractivity contribution in [2.24, 2.45) is 0 Å². The molecule has 0 saturated carbocycles. The first-order valence-electron chi connectivity index (χ1n) is 4.63. The van der Waals surface area contributed by atoms with Gasteiger partial charge in [0, 0.05) is 30.1 Å². The third kappa shape index (κ3) is 2.24. The summed E-state index contributed by atoms with van der Waals surface area (Å²) in [7, 11) is 0. The Morgan fingerprint density at radius 2 is 2.47 bits per heavy atom. The first-order valence-corrected chi connectivity index (χ1v) is 5.41. The molecule has 4 N–H and O–H groups in total. The molecule has 2 aromatic rings. The van der Waals surface area contributed by atoms with Crippen LogP contribution in [0.4, 0.5) is 10.9 Å². The molecule has 0 saturated heterocycles. The van der Waals surface area contributed by atoms with Crippen LogP contribution in [0.25, 0.3) is 0 Å². The van der Waals surface area contributed by atoms with Gasteiger partial charge in [0.25, 0.3) is 0 Å². The van der Waals surface area contributed by atoms with Crippen LogP contribution in [0.1, 0.15) is 18.3 Å². The van der Waals surface area contributed by atoms with Crippen molar-refractivity contribution >= 4 is 22.5 Å². The Hall–Kier alpha value is -1.63. The van der Waals surface area contributed by atoms with Crippen LogP contribution >= 0.6 is 11.5 Å². The van der Waals surface area contributed by atoms with Crippen molar-refractivity contribution < 1.29 is 0 Å². The van der Waals surface area contributed by atoms with Crippen LogP contribution in [-0.4, -0.2) is 19.6 Å². The first-order chi connectivity index (χ1) is 7.29. The highest BCUT2D eigenvalue weighted by atomic mass is 32.1.